The first kappa shape index (κ1) is 16.6. The molecule has 110 valence electrons. The van der Waals surface area contributed by atoms with E-state index >= 15 is 0 Å². The van der Waals surface area contributed by atoms with Crippen LogP contribution >= 0.6 is 0 Å². The quantitative estimate of drug-likeness (QED) is 0.431. The molecule has 0 atom stereocenters. The zero-order chi connectivity index (χ0) is 15.2. The summed E-state index contributed by atoms with van der Waals surface area (Å²) in [6, 6.07) is 10.4. The zero-order valence-corrected chi connectivity index (χ0v) is 14.3. The predicted octanol–water partition coefficient (Wildman–Crippen LogP) is 4.07. The van der Waals surface area contributed by atoms with Gasteiger partial charge in [-0.3, -0.25) is 4.79 Å². The average Bonchev–Trinajstić information content (AvgIpc) is 2.38. The third-order valence-electron chi connectivity index (χ3n) is 3.09. The standard InChI is InChI=1S/C16H26N2OSi/c1-6-16(19)12-14(2)17-18(20(3,4)5)13-15-10-8-7-9-11-15/h7-11H,6,12-13H2,1-5H3. The molecule has 20 heavy (non-hydrogen) atoms. The van der Waals surface area contributed by atoms with Gasteiger partial charge in [-0.05, 0) is 12.5 Å². The van der Waals surface area contributed by atoms with Crippen LogP contribution in [0.3, 0.4) is 0 Å². The molecule has 1 aromatic carbocycles. The largest absolute Gasteiger partial charge is 0.320 e. The van der Waals surface area contributed by atoms with E-state index in [1.165, 1.54) is 5.56 Å². The lowest BCUT2D eigenvalue weighted by Crippen LogP contribution is -2.42. The molecule has 3 nitrogen and oxygen atoms in total. The maximum atomic E-state index is 11.5. The van der Waals surface area contributed by atoms with E-state index in [0.29, 0.717) is 12.8 Å². The fourth-order valence-electron chi connectivity index (χ4n) is 1.83. The van der Waals surface area contributed by atoms with Gasteiger partial charge in [0.2, 0.25) is 0 Å². The van der Waals surface area contributed by atoms with Crippen molar-refractivity contribution in [1.82, 2.24) is 4.67 Å². The maximum absolute atomic E-state index is 11.5. The number of rotatable bonds is 7. The van der Waals surface area contributed by atoms with Crippen LogP contribution in [0.4, 0.5) is 0 Å². The maximum Gasteiger partial charge on any atom is 0.169 e. The van der Waals surface area contributed by atoms with Crippen molar-refractivity contribution >= 4 is 19.7 Å². The fraction of sp³-hybridized carbons (Fsp3) is 0.500. The molecule has 0 unspecified atom stereocenters. The summed E-state index contributed by atoms with van der Waals surface area (Å²) in [6.07, 6.45) is 1.05. The lowest BCUT2D eigenvalue weighted by atomic mass is 10.2. The zero-order valence-electron chi connectivity index (χ0n) is 13.3. The Balaban J connectivity index is 2.85. The summed E-state index contributed by atoms with van der Waals surface area (Å²) < 4.78 is 2.20. The molecule has 0 amide bonds. The minimum Gasteiger partial charge on any atom is -0.320 e. The lowest BCUT2D eigenvalue weighted by molar-refractivity contribution is -0.117. The SMILES string of the molecule is CCC(=O)CC(C)=NN(Cc1ccccc1)[Si](C)(C)C. The minimum atomic E-state index is -1.56. The van der Waals surface area contributed by atoms with Crippen molar-refractivity contribution in [2.24, 2.45) is 5.10 Å². The Morgan fingerprint density at radius 1 is 1.20 bits per heavy atom. The van der Waals surface area contributed by atoms with Crippen molar-refractivity contribution in [3.8, 4) is 0 Å². The summed E-state index contributed by atoms with van der Waals surface area (Å²) in [6.45, 7) is 11.5. The Labute approximate surface area is 123 Å². The third kappa shape index (κ3) is 5.69. The molecule has 4 heteroatoms. The highest BCUT2D eigenvalue weighted by Gasteiger charge is 2.23. The van der Waals surface area contributed by atoms with Gasteiger partial charge >= 0.3 is 0 Å². The van der Waals surface area contributed by atoms with E-state index in [-0.39, 0.29) is 5.78 Å². The van der Waals surface area contributed by atoms with E-state index in [2.05, 4.69) is 48.6 Å². The molecule has 1 aromatic rings. The Morgan fingerprint density at radius 3 is 2.30 bits per heavy atom. The summed E-state index contributed by atoms with van der Waals surface area (Å²) in [5.41, 5.74) is 2.17. The molecule has 0 bridgehead atoms. The molecular weight excluding hydrogens is 264 g/mol. The van der Waals surface area contributed by atoms with E-state index in [4.69, 9.17) is 5.10 Å². The van der Waals surface area contributed by atoms with Gasteiger partial charge in [0.25, 0.3) is 0 Å². The first-order chi connectivity index (χ1) is 9.32. The van der Waals surface area contributed by atoms with Gasteiger partial charge in [0, 0.05) is 18.6 Å². The second-order valence-electron chi connectivity index (χ2n) is 6.12. The predicted molar refractivity (Wildman–Crippen MR) is 88.4 cm³/mol. The van der Waals surface area contributed by atoms with Crippen LogP contribution in [0.5, 0.6) is 0 Å². The minimum absolute atomic E-state index is 0.251. The normalized spacial score (nSPS) is 12.3. The number of hydrogen-bond acceptors (Lipinski definition) is 3. The van der Waals surface area contributed by atoms with Gasteiger partial charge in [-0.25, -0.2) is 0 Å². The summed E-state index contributed by atoms with van der Waals surface area (Å²) >= 11 is 0. The van der Waals surface area contributed by atoms with Gasteiger partial charge in [-0.15, -0.1) is 0 Å². The van der Waals surface area contributed by atoms with Crippen LogP contribution in [0.2, 0.25) is 19.6 Å². The highest BCUT2D eigenvalue weighted by Crippen LogP contribution is 2.15. The van der Waals surface area contributed by atoms with Crippen molar-refractivity contribution in [2.45, 2.75) is 52.9 Å². The van der Waals surface area contributed by atoms with Crippen LogP contribution in [-0.4, -0.2) is 24.4 Å². The molecule has 0 spiro atoms. The highest BCUT2D eigenvalue weighted by atomic mass is 28.3. The number of carbonyl (C=O) groups is 1. The van der Waals surface area contributed by atoms with Crippen molar-refractivity contribution in [3.05, 3.63) is 35.9 Å². The Hall–Kier alpha value is -1.42. The van der Waals surface area contributed by atoms with Crippen LogP contribution in [0.15, 0.2) is 35.4 Å². The second kappa shape index (κ2) is 7.38. The van der Waals surface area contributed by atoms with Gasteiger partial charge in [0.1, 0.15) is 5.78 Å². The number of ketones is 1. The summed E-state index contributed by atoms with van der Waals surface area (Å²) in [5.74, 6) is 0.251. The Morgan fingerprint density at radius 2 is 1.80 bits per heavy atom. The Bertz CT molecular complexity index is 463. The van der Waals surface area contributed by atoms with Crippen LogP contribution in [-0.2, 0) is 11.3 Å². The summed E-state index contributed by atoms with van der Waals surface area (Å²) in [7, 11) is -1.56. The van der Waals surface area contributed by atoms with Crippen molar-refractivity contribution < 1.29 is 4.79 Å². The molecule has 0 fully saturated rings. The number of nitrogens with zero attached hydrogens (tertiary/aromatic N) is 2. The van der Waals surface area contributed by atoms with E-state index in [1.54, 1.807) is 0 Å². The molecular formula is C16H26N2OSi. The summed E-state index contributed by atoms with van der Waals surface area (Å²) in [5, 5.41) is 4.72. The van der Waals surface area contributed by atoms with Gasteiger partial charge in [-0.1, -0.05) is 56.9 Å². The molecule has 0 radical (unpaired) electrons. The van der Waals surface area contributed by atoms with Gasteiger partial charge < -0.3 is 4.67 Å². The topological polar surface area (TPSA) is 32.7 Å². The van der Waals surface area contributed by atoms with E-state index in [9.17, 15) is 4.79 Å². The molecule has 0 aliphatic heterocycles. The third-order valence-corrected chi connectivity index (χ3v) is 4.90. The molecule has 0 saturated heterocycles. The van der Waals surface area contributed by atoms with Crippen LogP contribution in [0.1, 0.15) is 32.3 Å². The van der Waals surface area contributed by atoms with Crippen LogP contribution < -0.4 is 0 Å². The van der Waals surface area contributed by atoms with Crippen LogP contribution in [0.25, 0.3) is 0 Å². The Kier molecular flexibility index (Phi) is 6.14. The first-order valence-electron chi connectivity index (χ1n) is 7.20. The van der Waals surface area contributed by atoms with E-state index < -0.39 is 8.24 Å². The molecule has 0 heterocycles. The van der Waals surface area contributed by atoms with Crippen molar-refractivity contribution in [1.29, 1.82) is 0 Å². The van der Waals surface area contributed by atoms with Gasteiger partial charge in [0.05, 0.1) is 6.54 Å². The number of benzene rings is 1. The smallest absolute Gasteiger partial charge is 0.169 e. The fourth-order valence-corrected chi connectivity index (χ4v) is 2.96. The first-order valence-corrected chi connectivity index (χ1v) is 10.6. The number of Topliss-reactive ketones (excluding diaryl/α,β-unsaturated/α-hetero) is 1. The molecule has 0 aliphatic rings. The number of hydrazone groups is 1. The number of hydrogen-bond donors (Lipinski definition) is 0. The summed E-state index contributed by atoms with van der Waals surface area (Å²) in [4.78, 5) is 11.5. The van der Waals surface area contributed by atoms with Crippen molar-refractivity contribution in [2.75, 3.05) is 0 Å². The molecule has 1 rings (SSSR count). The molecule has 0 aliphatic carbocycles. The average molecular weight is 290 g/mol. The lowest BCUT2D eigenvalue weighted by Gasteiger charge is -2.32. The molecule has 0 aromatic heterocycles. The van der Waals surface area contributed by atoms with Crippen LogP contribution in [0, 0.1) is 0 Å². The van der Waals surface area contributed by atoms with E-state index in [1.807, 2.05) is 19.9 Å². The van der Waals surface area contributed by atoms with Gasteiger partial charge in [0.15, 0.2) is 8.24 Å². The van der Waals surface area contributed by atoms with Crippen molar-refractivity contribution in [3.63, 3.8) is 0 Å². The molecule has 0 saturated carbocycles. The van der Waals surface area contributed by atoms with Gasteiger partial charge in [-0.2, -0.15) is 5.10 Å². The second-order valence-corrected chi connectivity index (χ2v) is 11.0. The highest BCUT2D eigenvalue weighted by molar-refractivity contribution is 6.73. The van der Waals surface area contributed by atoms with E-state index in [0.717, 1.165) is 12.3 Å². The monoisotopic (exact) mass is 290 g/mol. The number of carbonyl (C=O) groups excluding carboxylic acids is 1. The molecule has 0 N–H and O–H groups in total.